The van der Waals surface area contributed by atoms with Gasteiger partial charge in [-0.15, -0.1) is 0 Å². The van der Waals surface area contributed by atoms with Crippen LogP contribution in [0.25, 0.3) is 0 Å². The van der Waals surface area contributed by atoms with Gasteiger partial charge >= 0.3 is 0 Å². The van der Waals surface area contributed by atoms with Crippen LogP contribution in [0.15, 0.2) is 70.7 Å². The Morgan fingerprint density at radius 1 is 0.800 bits per heavy atom. The highest BCUT2D eigenvalue weighted by Crippen LogP contribution is 2.27. The van der Waals surface area contributed by atoms with Crippen LogP contribution >= 0.6 is 15.9 Å². The van der Waals surface area contributed by atoms with E-state index in [9.17, 15) is 19.2 Å². The van der Waals surface area contributed by atoms with Gasteiger partial charge in [0.2, 0.25) is 23.1 Å². The van der Waals surface area contributed by atoms with Gasteiger partial charge in [-0.25, -0.2) is 0 Å². The molecular formula is C20H13BrO4. The average molecular weight is 397 g/mol. The normalized spacial score (nSPS) is 17.8. The van der Waals surface area contributed by atoms with E-state index in [1.807, 2.05) is 30.3 Å². The van der Waals surface area contributed by atoms with E-state index < -0.39 is 29.1 Å². The SMILES string of the molecule is O=C1C(=O)C(c2ccc(Br)cc2)C(=O)C(=O)C1=CCc1ccccc1. The summed E-state index contributed by atoms with van der Waals surface area (Å²) in [5.41, 5.74) is 0.903. The largest absolute Gasteiger partial charge is 0.289 e. The van der Waals surface area contributed by atoms with E-state index in [0.29, 0.717) is 12.0 Å². The Bertz CT molecular complexity index is 865. The zero-order valence-corrected chi connectivity index (χ0v) is 14.7. The maximum absolute atomic E-state index is 12.4. The lowest BCUT2D eigenvalue weighted by atomic mass is 9.77. The van der Waals surface area contributed by atoms with Crippen LogP contribution in [0.1, 0.15) is 17.0 Å². The van der Waals surface area contributed by atoms with Crippen molar-refractivity contribution in [2.45, 2.75) is 12.3 Å². The fourth-order valence-corrected chi connectivity index (χ4v) is 2.99. The second-order valence-corrected chi connectivity index (χ2v) is 6.59. The summed E-state index contributed by atoms with van der Waals surface area (Å²) in [6.45, 7) is 0. The number of hydrogen-bond acceptors (Lipinski definition) is 4. The van der Waals surface area contributed by atoms with E-state index in [-0.39, 0.29) is 5.57 Å². The first kappa shape index (κ1) is 17.2. The Hall–Kier alpha value is -2.66. The Morgan fingerprint density at radius 3 is 1.92 bits per heavy atom. The van der Waals surface area contributed by atoms with Gasteiger partial charge in [0.1, 0.15) is 5.92 Å². The predicted molar refractivity (Wildman–Crippen MR) is 95.1 cm³/mol. The standard InChI is InChI=1S/C20H13BrO4/c21-14-9-7-13(8-10-14)16-19(24)17(22)15(18(23)20(16)25)11-6-12-4-2-1-3-5-12/h1-5,7-11,16H,6H2. The molecule has 5 heteroatoms. The molecule has 1 aliphatic rings. The van der Waals surface area contributed by atoms with Gasteiger partial charge in [-0.05, 0) is 29.7 Å². The van der Waals surface area contributed by atoms with Gasteiger partial charge in [0, 0.05) is 4.47 Å². The van der Waals surface area contributed by atoms with Crippen LogP contribution in [0.4, 0.5) is 0 Å². The van der Waals surface area contributed by atoms with E-state index in [1.54, 1.807) is 24.3 Å². The molecule has 25 heavy (non-hydrogen) atoms. The minimum atomic E-state index is -1.35. The molecule has 3 rings (SSSR count). The van der Waals surface area contributed by atoms with Crippen molar-refractivity contribution < 1.29 is 19.2 Å². The Kier molecular flexibility index (Phi) is 4.86. The summed E-state index contributed by atoms with van der Waals surface area (Å²) in [7, 11) is 0. The van der Waals surface area contributed by atoms with Gasteiger partial charge in [0.25, 0.3) is 0 Å². The first-order valence-electron chi connectivity index (χ1n) is 7.65. The first-order valence-corrected chi connectivity index (χ1v) is 8.45. The number of hydrogen-bond donors (Lipinski definition) is 0. The van der Waals surface area contributed by atoms with E-state index in [1.165, 1.54) is 6.08 Å². The summed E-state index contributed by atoms with van der Waals surface area (Å²) < 4.78 is 0.771. The molecule has 2 aromatic rings. The molecule has 0 atom stereocenters. The summed E-state index contributed by atoms with van der Waals surface area (Å²) in [5, 5.41) is 0. The summed E-state index contributed by atoms with van der Waals surface area (Å²) in [6, 6.07) is 15.6. The number of Topliss-reactive ketones (excluding diaryl/α,β-unsaturated/α-hetero) is 4. The molecule has 124 valence electrons. The summed E-state index contributed by atoms with van der Waals surface area (Å²) >= 11 is 3.26. The molecular weight excluding hydrogens is 384 g/mol. The molecule has 1 fully saturated rings. The minimum absolute atomic E-state index is 0.303. The molecule has 2 aromatic carbocycles. The third kappa shape index (κ3) is 3.42. The van der Waals surface area contributed by atoms with Gasteiger partial charge < -0.3 is 0 Å². The first-order chi connectivity index (χ1) is 12.0. The molecule has 0 spiro atoms. The van der Waals surface area contributed by atoms with Gasteiger partial charge in [-0.1, -0.05) is 64.5 Å². The lowest BCUT2D eigenvalue weighted by Gasteiger charge is -2.19. The topological polar surface area (TPSA) is 68.3 Å². The van der Waals surface area contributed by atoms with Crippen molar-refractivity contribution in [2.24, 2.45) is 0 Å². The van der Waals surface area contributed by atoms with Crippen LogP contribution in [0.3, 0.4) is 0 Å². The number of rotatable bonds is 3. The van der Waals surface area contributed by atoms with Crippen molar-refractivity contribution in [1.29, 1.82) is 0 Å². The molecule has 1 aliphatic carbocycles. The van der Waals surface area contributed by atoms with E-state index in [4.69, 9.17) is 0 Å². The van der Waals surface area contributed by atoms with Crippen molar-refractivity contribution in [2.75, 3.05) is 0 Å². The molecule has 0 unspecified atom stereocenters. The zero-order chi connectivity index (χ0) is 18.0. The molecule has 1 saturated carbocycles. The Labute approximate surface area is 152 Å². The second kappa shape index (κ2) is 7.07. The molecule has 0 heterocycles. The number of allylic oxidation sites excluding steroid dienone is 2. The van der Waals surface area contributed by atoms with Crippen LogP contribution in [-0.2, 0) is 25.6 Å². The zero-order valence-electron chi connectivity index (χ0n) is 13.1. The van der Waals surface area contributed by atoms with Crippen molar-refractivity contribution >= 4 is 39.1 Å². The maximum Gasteiger partial charge on any atom is 0.233 e. The smallest absolute Gasteiger partial charge is 0.233 e. The van der Waals surface area contributed by atoms with E-state index in [0.717, 1.165) is 10.0 Å². The monoisotopic (exact) mass is 396 g/mol. The van der Waals surface area contributed by atoms with Crippen molar-refractivity contribution in [3.8, 4) is 0 Å². The maximum atomic E-state index is 12.4. The highest BCUT2D eigenvalue weighted by Gasteiger charge is 2.45. The number of halogens is 1. The fraction of sp³-hybridized carbons (Fsp3) is 0.100. The number of carbonyl (C=O) groups is 4. The molecule has 0 N–H and O–H groups in total. The lowest BCUT2D eigenvalue weighted by molar-refractivity contribution is -0.146. The third-order valence-electron chi connectivity index (χ3n) is 4.05. The van der Waals surface area contributed by atoms with Crippen LogP contribution in [0, 0.1) is 0 Å². The second-order valence-electron chi connectivity index (χ2n) is 5.68. The number of ketones is 4. The van der Waals surface area contributed by atoms with Crippen LogP contribution < -0.4 is 0 Å². The Balaban J connectivity index is 1.90. The minimum Gasteiger partial charge on any atom is -0.289 e. The van der Waals surface area contributed by atoms with E-state index >= 15 is 0 Å². The van der Waals surface area contributed by atoms with Crippen LogP contribution in [-0.4, -0.2) is 23.1 Å². The van der Waals surface area contributed by atoms with Gasteiger partial charge in [0.15, 0.2) is 0 Å². The third-order valence-corrected chi connectivity index (χ3v) is 4.58. The molecule has 0 saturated heterocycles. The average Bonchev–Trinajstić information content (AvgIpc) is 2.63. The highest BCUT2D eigenvalue weighted by molar-refractivity contribution is 9.10. The highest BCUT2D eigenvalue weighted by atomic mass is 79.9. The molecule has 0 radical (unpaired) electrons. The van der Waals surface area contributed by atoms with Crippen molar-refractivity contribution in [3.05, 3.63) is 81.8 Å². The van der Waals surface area contributed by atoms with Crippen LogP contribution in [0.2, 0.25) is 0 Å². The summed E-state index contributed by atoms with van der Waals surface area (Å²) in [4.78, 5) is 49.5. The van der Waals surface area contributed by atoms with Crippen molar-refractivity contribution in [1.82, 2.24) is 0 Å². The Morgan fingerprint density at radius 2 is 1.36 bits per heavy atom. The number of benzene rings is 2. The summed E-state index contributed by atoms with van der Waals surface area (Å²) in [5.74, 6) is -4.85. The van der Waals surface area contributed by atoms with Crippen LogP contribution in [0.5, 0.6) is 0 Å². The van der Waals surface area contributed by atoms with Gasteiger partial charge in [-0.2, -0.15) is 0 Å². The molecule has 0 aromatic heterocycles. The number of carbonyl (C=O) groups excluding carboxylic acids is 4. The van der Waals surface area contributed by atoms with Gasteiger partial charge in [0.05, 0.1) is 5.57 Å². The van der Waals surface area contributed by atoms with Crippen molar-refractivity contribution in [3.63, 3.8) is 0 Å². The quantitative estimate of drug-likeness (QED) is 0.346. The fourth-order valence-electron chi connectivity index (χ4n) is 2.73. The lowest BCUT2D eigenvalue weighted by Crippen LogP contribution is -2.42. The molecule has 4 nitrogen and oxygen atoms in total. The van der Waals surface area contributed by atoms with E-state index in [2.05, 4.69) is 15.9 Å². The van der Waals surface area contributed by atoms with Gasteiger partial charge in [-0.3, -0.25) is 19.2 Å². The predicted octanol–water partition coefficient (Wildman–Crippen LogP) is 2.99. The molecule has 0 amide bonds. The summed E-state index contributed by atoms with van der Waals surface area (Å²) in [6.07, 6.45) is 1.67. The molecule has 0 bridgehead atoms. The molecule has 0 aliphatic heterocycles.